The predicted octanol–water partition coefficient (Wildman–Crippen LogP) is 5.35. The number of phenols is 1. The normalized spacial score (nSPS) is 13.4. The third-order valence-corrected chi connectivity index (χ3v) is 5.67. The molecule has 0 aliphatic carbocycles. The van der Waals surface area contributed by atoms with Crippen molar-refractivity contribution >= 4 is 34.4 Å². The molecule has 1 heterocycles. The molecule has 0 radical (unpaired) electrons. The molecule has 0 aliphatic heterocycles. The van der Waals surface area contributed by atoms with Gasteiger partial charge < -0.3 is 10.2 Å². The summed E-state index contributed by atoms with van der Waals surface area (Å²) >= 11 is 5.90. The Morgan fingerprint density at radius 3 is 2.34 bits per heavy atom. The highest BCUT2D eigenvalue weighted by atomic mass is 35.5. The molecular formula is C22H21ClFNO4. The van der Waals surface area contributed by atoms with Gasteiger partial charge >= 0.3 is 5.97 Å². The Morgan fingerprint density at radius 2 is 1.79 bits per heavy atom. The van der Waals surface area contributed by atoms with Crippen LogP contribution in [-0.2, 0) is 4.79 Å². The number of fused-ring (bicyclic) bond motifs is 1. The van der Waals surface area contributed by atoms with Crippen LogP contribution >= 0.6 is 11.6 Å². The number of hydrogen-bond donors (Lipinski definition) is 2. The van der Waals surface area contributed by atoms with Crippen LogP contribution in [-0.4, -0.2) is 26.7 Å². The molecular weight excluding hydrogens is 397 g/mol. The number of nitrogens with zero attached hydrogens (tertiary/aromatic N) is 1. The number of halogens is 2. The maximum Gasteiger partial charge on any atom is 0.311 e. The summed E-state index contributed by atoms with van der Waals surface area (Å²) in [4.78, 5) is 25.3. The predicted molar refractivity (Wildman–Crippen MR) is 109 cm³/mol. The second kappa shape index (κ2) is 7.87. The van der Waals surface area contributed by atoms with Gasteiger partial charge in [-0.1, -0.05) is 31.9 Å². The summed E-state index contributed by atoms with van der Waals surface area (Å²) in [6.07, 6.45) is 0.550. The number of hydrogen-bond acceptors (Lipinski definition) is 3. The molecule has 5 nitrogen and oxygen atoms in total. The minimum absolute atomic E-state index is 0.0440. The van der Waals surface area contributed by atoms with Crippen LogP contribution in [0.15, 0.2) is 36.4 Å². The minimum Gasteiger partial charge on any atom is -0.505 e. The molecule has 2 N–H and O–H groups in total. The van der Waals surface area contributed by atoms with E-state index in [4.69, 9.17) is 11.6 Å². The van der Waals surface area contributed by atoms with Crippen molar-refractivity contribution in [3.63, 3.8) is 0 Å². The van der Waals surface area contributed by atoms with Crippen LogP contribution in [0.1, 0.15) is 47.8 Å². The van der Waals surface area contributed by atoms with E-state index in [9.17, 15) is 24.2 Å². The van der Waals surface area contributed by atoms with E-state index in [0.717, 1.165) is 6.07 Å². The SMILES string of the molecule is CC[C@@H](C)C(C(=O)O)c1c(C)n(C(=O)c2ccc(Cl)cc2)c2ccc(O)c(F)c12. The van der Waals surface area contributed by atoms with Gasteiger partial charge in [0.2, 0.25) is 0 Å². The Labute approximate surface area is 172 Å². The summed E-state index contributed by atoms with van der Waals surface area (Å²) in [5.74, 6) is -4.41. The maximum atomic E-state index is 15.0. The van der Waals surface area contributed by atoms with Gasteiger partial charge in [0, 0.05) is 21.7 Å². The largest absolute Gasteiger partial charge is 0.505 e. The monoisotopic (exact) mass is 417 g/mol. The molecule has 0 amide bonds. The van der Waals surface area contributed by atoms with Crippen LogP contribution in [0.25, 0.3) is 10.9 Å². The average Bonchev–Trinajstić information content (AvgIpc) is 2.97. The van der Waals surface area contributed by atoms with E-state index < -0.39 is 29.4 Å². The lowest BCUT2D eigenvalue weighted by molar-refractivity contribution is -0.140. The zero-order chi connectivity index (χ0) is 21.5. The van der Waals surface area contributed by atoms with Gasteiger partial charge in [0.05, 0.1) is 11.4 Å². The molecule has 0 bridgehead atoms. The Balaban J connectivity index is 2.37. The van der Waals surface area contributed by atoms with Crippen molar-refractivity contribution in [2.75, 3.05) is 0 Å². The average molecular weight is 418 g/mol. The van der Waals surface area contributed by atoms with Gasteiger partial charge in [-0.3, -0.25) is 14.2 Å². The quantitative estimate of drug-likeness (QED) is 0.586. The molecule has 0 aliphatic rings. The lowest BCUT2D eigenvalue weighted by atomic mass is 9.84. The number of aromatic hydroxyl groups is 1. The molecule has 1 aromatic heterocycles. The van der Waals surface area contributed by atoms with Gasteiger partial charge in [0.25, 0.3) is 5.91 Å². The fraction of sp³-hybridized carbons (Fsp3) is 0.273. The van der Waals surface area contributed by atoms with Crippen molar-refractivity contribution in [3.05, 3.63) is 64.1 Å². The van der Waals surface area contributed by atoms with Gasteiger partial charge in [-0.2, -0.15) is 0 Å². The highest BCUT2D eigenvalue weighted by molar-refractivity contribution is 6.30. The Bertz CT molecular complexity index is 1100. The van der Waals surface area contributed by atoms with Crippen LogP contribution in [0.2, 0.25) is 5.02 Å². The zero-order valence-electron chi connectivity index (χ0n) is 16.2. The number of aromatic nitrogens is 1. The number of benzene rings is 2. The van der Waals surface area contributed by atoms with E-state index in [1.54, 1.807) is 38.1 Å². The third kappa shape index (κ3) is 3.49. The summed E-state index contributed by atoms with van der Waals surface area (Å²) in [5.41, 5.74) is 1.07. The maximum absolute atomic E-state index is 15.0. The molecule has 0 fully saturated rings. The van der Waals surface area contributed by atoms with Gasteiger partial charge in [0.15, 0.2) is 11.6 Å². The lowest BCUT2D eigenvalue weighted by Crippen LogP contribution is -2.21. The van der Waals surface area contributed by atoms with E-state index >= 15 is 0 Å². The highest BCUT2D eigenvalue weighted by Crippen LogP contribution is 2.40. The third-order valence-electron chi connectivity index (χ3n) is 5.42. The van der Waals surface area contributed by atoms with E-state index in [2.05, 4.69) is 0 Å². The number of phenolic OH excluding ortho intramolecular Hbond substituents is 1. The summed E-state index contributed by atoms with van der Waals surface area (Å²) < 4.78 is 16.3. The highest BCUT2D eigenvalue weighted by Gasteiger charge is 2.34. The fourth-order valence-corrected chi connectivity index (χ4v) is 3.86. The fourth-order valence-electron chi connectivity index (χ4n) is 3.73. The van der Waals surface area contributed by atoms with E-state index in [1.807, 2.05) is 6.92 Å². The molecule has 7 heteroatoms. The number of rotatable bonds is 5. The molecule has 152 valence electrons. The Morgan fingerprint density at radius 1 is 1.17 bits per heavy atom. The Kier molecular flexibility index (Phi) is 5.66. The van der Waals surface area contributed by atoms with Crippen molar-refractivity contribution in [1.29, 1.82) is 0 Å². The second-order valence-corrected chi connectivity index (χ2v) is 7.58. The standard InChI is InChI=1S/C22H21ClFNO4/c1-4-11(2)17(22(28)29)18-12(3)25(15-9-10-16(26)20(24)19(15)18)21(27)13-5-7-14(23)8-6-13/h5-11,17,26H,4H2,1-3H3,(H,28,29)/t11-,17?/m1/s1. The van der Waals surface area contributed by atoms with Crippen LogP contribution in [0, 0.1) is 18.7 Å². The van der Waals surface area contributed by atoms with Crippen molar-refractivity contribution < 1.29 is 24.2 Å². The van der Waals surface area contributed by atoms with Gasteiger partial charge in [-0.25, -0.2) is 4.39 Å². The number of carbonyl (C=O) groups excluding carboxylic acids is 1. The van der Waals surface area contributed by atoms with Crippen LogP contribution < -0.4 is 0 Å². The zero-order valence-corrected chi connectivity index (χ0v) is 17.0. The van der Waals surface area contributed by atoms with Crippen LogP contribution in [0.4, 0.5) is 4.39 Å². The number of aliphatic carboxylic acids is 1. The first-order chi connectivity index (χ1) is 13.7. The molecule has 2 atom stereocenters. The Hall–Kier alpha value is -2.86. The summed E-state index contributed by atoms with van der Waals surface area (Å²) in [5, 5.41) is 20.2. The number of carboxylic acids is 1. The molecule has 3 aromatic rings. The smallest absolute Gasteiger partial charge is 0.311 e. The molecule has 2 aromatic carbocycles. The molecule has 0 saturated heterocycles. The van der Waals surface area contributed by atoms with E-state index in [1.165, 1.54) is 10.6 Å². The van der Waals surface area contributed by atoms with Gasteiger partial charge in [-0.15, -0.1) is 0 Å². The molecule has 0 saturated carbocycles. The molecule has 3 rings (SSSR count). The van der Waals surface area contributed by atoms with Gasteiger partial charge in [0.1, 0.15) is 0 Å². The van der Waals surface area contributed by atoms with Crippen molar-refractivity contribution in [2.24, 2.45) is 5.92 Å². The minimum atomic E-state index is -1.11. The van der Waals surface area contributed by atoms with Crippen LogP contribution in [0.3, 0.4) is 0 Å². The molecule has 0 spiro atoms. The summed E-state index contributed by atoms with van der Waals surface area (Å²) in [7, 11) is 0. The first-order valence-electron chi connectivity index (χ1n) is 9.24. The number of carbonyl (C=O) groups is 2. The lowest BCUT2D eigenvalue weighted by Gasteiger charge is -2.20. The van der Waals surface area contributed by atoms with Crippen molar-refractivity contribution in [1.82, 2.24) is 4.57 Å². The van der Waals surface area contributed by atoms with E-state index in [0.29, 0.717) is 22.7 Å². The summed E-state index contributed by atoms with van der Waals surface area (Å²) in [6, 6.07) is 8.83. The first-order valence-corrected chi connectivity index (χ1v) is 9.62. The second-order valence-electron chi connectivity index (χ2n) is 7.14. The topological polar surface area (TPSA) is 79.5 Å². The van der Waals surface area contributed by atoms with Gasteiger partial charge in [-0.05, 0) is 54.8 Å². The molecule has 1 unspecified atom stereocenters. The summed E-state index contributed by atoms with van der Waals surface area (Å²) in [6.45, 7) is 5.21. The molecule has 29 heavy (non-hydrogen) atoms. The number of carboxylic acid groups (broad SMARTS) is 1. The van der Waals surface area contributed by atoms with Crippen LogP contribution in [0.5, 0.6) is 5.75 Å². The van der Waals surface area contributed by atoms with E-state index in [-0.39, 0.29) is 22.4 Å². The van der Waals surface area contributed by atoms with Crippen molar-refractivity contribution in [2.45, 2.75) is 33.1 Å². The van der Waals surface area contributed by atoms with Crippen molar-refractivity contribution in [3.8, 4) is 5.75 Å². The first kappa shape index (κ1) is 20.9.